The molecule has 7 nitrogen and oxygen atoms in total. The van der Waals surface area contributed by atoms with E-state index in [-0.39, 0.29) is 11.1 Å². The van der Waals surface area contributed by atoms with Gasteiger partial charge in [0.2, 0.25) is 5.91 Å². The smallest absolute Gasteiger partial charge is 0.337 e. The summed E-state index contributed by atoms with van der Waals surface area (Å²) >= 11 is 0. The SMILES string of the molecule is CC(O)(CNC(=O)c1cccc(C(N)=O)c1)C(=O)O. The molecule has 0 spiro atoms. The maximum absolute atomic E-state index is 11.7. The maximum Gasteiger partial charge on any atom is 0.337 e. The predicted molar refractivity (Wildman–Crippen MR) is 65.6 cm³/mol. The number of hydrogen-bond acceptors (Lipinski definition) is 4. The highest BCUT2D eigenvalue weighted by atomic mass is 16.4. The number of nitrogens with one attached hydrogen (secondary N) is 1. The molecule has 1 rings (SSSR count). The van der Waals surface area contributed by atoms with E-state index < -0.39 is 29.9 Å². The van der Waals surface area contributed by atoms with Crippen molar-refractivity contribution >= 4 is 17.8 Å². The zero-order valence-electron chi connectivity index (χ0n) is 10.2. The van der Waals surface area contributed by atoms with E-state index in [4.69, 9.17) is 10.8 Å². The van der Waals surface area contributed by atoms with Gasteiger partial charge in [-0.15, -0.1) is 0 Å². The number of carbonyl (C=O) groups is 3. The Morgan fingerprint density at radius 1 is 1.32 bits per heavy atom. The van der Waals surface area contributed by atoms with Crippen LogP contribution >= 0.6 is 0 Å². The van der Waals surface area contributed by atoms with Gasteiger partial charge in [0.25, 0.3) is 5.91 Å². The molecular formula is C12H14N2O5. The summed E-state index contributed by atoms with van der Waals surface area (Å²) in [5.74, 6) is -2.73. The Morgan fingerprint density at radius 3 is 2.42 bits per heavy atom. The van der Waals surface area contributed by atoms with Crippen molar-refractivity contribution in [2.75, 3.05) is 6.54 Å². The van der Waals surface area contributed by atoms with Crippen molar-refractivity contribution in [1.82, 2.24) is 5.32 Å². The third-order valence-electron chi connectivity index (χ3n) is 2.46. The van der Waals surface area contributed by atoms with Crippen LogP contribution < -0.4 is 11.1 Å². The minimum absolute atomic E-state index is 0.150. The summed E-state index contributed by atoms with van der Waals surface area (Å²) in [6.07, 6.45) is 0. The quantitative estimate of drug-likeness (QED) is 0.562. The number of benzene rings is 1. The zero-order chi connectivity index (χ0) is 14.6. The highest BCUT2D eigenvalue weighted by Gasteiger charge is 2.30. The molecule has 5 N–H and O–H groups in total. The molecule has 0 aliphatic carbocycles. The zero-order valence-corrected chi connectivity index (χ0v) is 10.2. The van der Waals surface area contributed by atoms with Gasteiger partial charge in [-0.1, -0.05) is 6.07 Å². The largest absolute Gasteiger partial charge is 0.479 e. The monoisotopic (exact) mass is 266 g/mol. The van der Waals surface area contributed by atoms with E-state index in [0.717, 1.165) is 6.92 Å². The van der Waals surface area contributed by atoms with Crippen LogP contribution in [-0.2, 0) is 4.79 Å². The minimum Gasteiger partial charge on any atom is -0.479 e. The lowest BCUT2D eigenvalue weighted by molar-refractivity contribution is -0.155. The second-order valence-corrected chi connectivity index (χ2v) is 4.21. The normalized spacial score (nSPS) is 13.4. The first-order valence-corrected chi connectivity index (χ1v) is 5.38. The lowest BCUT2D eigenvalue weighted by atomic mass is 10.1. The molecule has 1 unspecified atom stereocenters. The fourth-order valence-electron chi connectivity index (χ4n) is 1.24. The van der Waals surface area contributed by atoms with E-state index in [9.17, 15) is 19.5 Å². The number of rotatable bonds is 5. The van der Waals surface area contributed by atoms with Crippen molar-refractivity contribution in [3.63, 3.8) is 0 Å². The first-order chi connectivity index (χ1) is 8.74. The van der Waals surface area contributed by atoms with Gasteiger partial charge in [-0.25, -0.2) is 4.79 Å². The van der Waals surface area contributed by atoms with Gasteiger partial charge in [0, 0.05) is 11.1 Å². The van der Waals surface area contributed by atoms with Crippen LogP contribution in [0.1, 0.15) is 27.6 Å². The predicted octanol–water partition coefficient (Wildman–Crippen LogP) is -0.649. The average molecular weight is 266 g/mol. The van der Waals surface area contributed by atoms with E-state index in [2.05, 4.69) is 5.32 Å². The second kappa shape index (κ2) is 5.49. The highest BCUT2D eigenvalue weighted by Crippen LogP contribution is 2.06. The molecule has 0 saturated carbocycles. The average Bonchev–Trinajstić information content (AvgIpc) is 2.36. The Morgan fingerprint density at radius 2 is 1.89 bits per heavy atom. The second-order valence-electron chi connectivity index (χ2n) is 4.21. The van der Waals surface area contributed by atoms with E-state index in [1.165, 1.54) is 24.3 Å². The van der Waals surface area contributed by atoms with E-state index >= 15 is 0 Å². The lowest BCUT2D eigenvalue weighted by Gasteiger charge is -2.18. The third kappa shape index (κ3) is 3.78. The molecule has 2 amide bonds. The summed E-state index contributed by atoms with van der Waals surface area (Å²) in [6, 6.07) is 5.65. The van der Waals surface area contributed by atoms with Gasteiger partial charge in [0.05, 0.1) is 6.54 Å². The summed E-state index contributed by atoms with van der Waals surface area (Å²) in [5, 5.41) is 20.4. The molecule has 102 valence electrons. The van der Waals surface area contributed by atoms with Crippen LogP contribution in [-0.4, -0.2) is 40.1 Å². The molecule has 0 radical (unpaired) electrons. The van der Waals surface area contributed by atoms with Gasteiger partial charge < -0.3 is 21.3 Å². The van der Waals surface area contributed by atoms with Crippen LogP contribution in [0.3, 0.4) is 0 Å². The molecule has 0 saturated heterocycles. The number of carbonyl (C=O) groups excluding carboxylic acids is 2. The topological polar surface area (TPSA) is 130 Å². The van der Waals surface area contributed by atoms with Crippen LogP contribution in [0.2, 0.25) is 0 Å². The van der Waals surface area contributed by atoms with Gasteiger partial charge in [0.15, 0.2) is 5.60 Å². The first kappa shape index (κ1) is 14.7. The molecule has 1 aromatic carbocycles. The Labute approximate surface area is 109 Å². The van der Waals surface area contributed by atoms with Gasteiger partial charge in [-0.3, -0.25) is 9.59 Å². The molecule has 19 heavy (non-hydrogen) atoms. The van der Waals surface area contributed by atoms with Gasteiger partial charge in [-0.05, 0) is 25.1 Å². The number of amides is 2. The molecular weight excluding hydrogens is 252 g/mol. The summed E-state index contributed by atoms with van der Waals surface area (Å²) < 4.78 is 0. The van der Waals surface area contributed by atoms with Crippen LogP contribution in [0.25, 0.3) is 0 Å². The van der Waals surface area contributed by atoms with Crippen molar-refractivity contribution < 1.29 is 24.6 Å². The fraction of sp³-hybridized carbons (Fsp3) is 0.250. The van der Waals surface area contributed by atoms with Crippen LogP contribution in [0.15, 0.2) is 24.3 Å². The number of hydrogen-bond donors (Lipinski definition) is 4. The fourth-order valence-corrected chi connectivity index (χ4v) is 1.24. The Bertz CT molecular complexity index is 525. The molecule has 0 fully saturated rings. The Balaban J connectivity index is 2.77. The van der Waals surface area contributed by atoms with E-state index in [1.54, 1.807) is 0 Å². The molecule has 0 aromatic heterocycles. The number of carboxylic acid groups (broad SMARTS) is 1. The number of aliphatic hydroxyl groups is 1. The standard InChI is InChI=1S/C12H14N2O5/c1-12(19,11(17)18)6-14-10(16)8-4-2-3-7(5-8)9(13)15/h2-5,19H,6H2,1H3,(H2,13,15)(H,14,16)(H,17,18). The number of aliphatic carboxylic acids is 1. The Kier molecular flexibility index (Phi) is 4.23. The summed E-state index contributed by atoms with van der Waals surface area (Å²) in [7, 11) is 0. The molecule has 1 atom stereocenters. The van der Waals surface area contributed by atoms with E-state index in [1.807, 2.05) is 0 Å². The van der Waals surface area contributed by atoms with Crippen molar-refractivity contribution in [3.8, 4) is 0 Å². The molecule has 7 heteroatoms. The van der Waals surface area contributed by atoms with Crippen molar-refractivity contribution in [2.45, 2.75) is 12.5 Å². The van der Waals surface area contributed by atoms with Crippen LogP contribution in [0, 0.1) is 0 Å². The van der Waals surface area contributed by atoms with Gasteiger partial charge in [0.1, 0.15) is 0 Å². The van der Waals surface area contributed by atoms with Gasteiger partial charge >= 0.3 is 5.97 Å². The van der Waals surface area contributed by atoms with Crippen molar-refractivity contribution in [2.24, 2.45) is 5.73 Å². The summed E-state index contributed by atoms with van der Waals surface area (Å²) in [6.45, 7) is 0.609. The molecule has 0 heterocycles. The van der Waals surface area contributed by atoms with Crippen LogP contribution in [0.5, 0.6) is 0 Å². The van der Waals surface area contributed by atoms with Crippen LogP contribution in [0.4, 0.5) is 0 Å². The van der Waals surface area contributed by atoms with Crippen molar-refractivity contribution in [1.29, 1.82) is 0 Å². The molecule has 0 bridgehead atoms. The number of nitrogens with two attached hydrogens (primary N) is 1. The summed E-state index contributed by atoms with van der Waals surface area (Å²) in [5.41, 5.74) is 3.33. The molecule has 0 aliphatic rings. The highest BCUT2D eigenvalue weighted by molar-refractivity contribution is 5.99. The number of primary amides is 1. The maximum atomic E-state index is 11.7. The third-order valence-corrected chi connectivity index (χ3v) is 2.46. The lowest BCUT2D eigenvalue weighted by Crippen LogP contribution is -2.46. The van der Waals surface area contributed by atoms with Gasteiger partial charge in [-0.2, -0.15) is 0 Å². The number of carboxylic acids is 1. The minimum atomic E-state index is -2.06. The molecule has 0 aliphatic heterocycles. The Hall–Kier alpha value is -2.41. The van der Waals surface area contributed by atoms with E-state index in [0.29, 0.717) is 0 Å². The van der Waals surface area contributed by atoms with Crippen molar-refractivity contribution in [3.05, 3.63) is 35.4 Å². The first-order valence-electron chi connectivity index (χ1n) is 5.38. The molecule has 1 aromatic rings. The summed E-state index contributed by atoms with van der Waals surface area (Å²) in [4.78, 5) is 33.3.